The number of hydrogen-bond donors (Lipinski definition) is 1. The molecule has 0 aliphatic carbocycles. The second-order valence-electron chi connectivity index (χ2n) is 1.66. The second-order valence-corrected chi connectivity index (χ2v) is 2.71. The van der Waals surface area contributed by atoms with Gasteiger partial charge in [0.1, 0.15) is 0 Å². The molecule has 0 aromatic carbocycles. The summed E-state index contributed by atoms with van der Waals surface area (Å²) in [5.41, 5.74) is 0. The molecule has 1 fully saturated rings. The minimum absolute atomic E-state index is 0.264. The van der Waals surface area contributed by atoms with Gasteiger partial charge in [-0.25, -0.2) is 14.0 Å². The van der Waals surface area contributed by atoms with Crippen molar-refractivity contribution < 1.29 is 26.9 Å². The van der Waals surface area contributed by atoms with E-state index in [9.17, 15) is 8.42 Å². The molecule has 10 heavy (non-hydrogen) atoms. The molecule has 1 aliphatic heterocycles. The van der Waals surface area contributed by atoms with Crippen LogP contribution in [0.15, 0.2) is 0 Å². The van der Waals surface area contributed by atoms with Crippen molar-refractivity contribution in [1.82, 2.24) is 0 Å². The highest BCUT2D eigenvalue weighted by atomic mass is 32.3. The van der Waals surface area contributed by atoms with Crippen LogP contribution in [-0.4, -0.2) is 25.9 Å². The topological polar surface area (TPSA) is 82.1 Å². The molecule has 0 aromatic rings. The highest BCUT2D eigenvalue weighted by Gasteiger charge is 2.23. The highest BCUT2D eigenvalue weighted by Crippen LogP contribution is 2.11. The summed E-state index contributed by atoms with van der Waals surface area (Å²) < 4.78 is 32.0. The third-order valence-corrected chi connectivity index (χ3v) is 1.30. The summed E-state index contributed by atoms with van der Waals surface area (Å²) in [5, 5.41) is 0. The van der Waals surface area contributed by atoms with E-state index in [0.29, 0.717) is 6.42 Å². The van der Waals surface area contributed by atoms with Crippen LogP contribution in [0.3, 0.4) is 0 Å². The van der Waals surface area contributed by atoms with Crippen LogP contribution in [0.2, 0.25) is 0 Å². The van der Waals surface area contributed by atoms with E-state index in [1.165, 1.54) is 0 Å². The molecule has 0 saturated carbocycles. The van der Waals surface area contributed by atoms with Gasteiger partial charge in [0.15, 0.2) is 0 Å². The molecule has 0 aromatic heterocycles. The average Bonchev–Trinajstić information content (AvgIpc) is 2.12. The summed E-state index contributed by atoms with van der Waals surface area (Å²) in [6.07, 6.45) is -0.713. The molecule has 7 heteroatoms. The molecule has 0 spiro atoms. The van der Waals surface area contributed by atoms with Crippen LogP contribution in [-0.2, 0) is 24.4 Å². The van der Waals surface area contributed by atoms with E-state index in [1.54, 1.807) is 0 Å². The van der Waals surface area contributed by atoms with Crippen molar-refractivity contribution >= 4 is 10.4 Å². The van der Waals surface area contributed by atoms with E-state index in [0.717, 1.165) is 0 Å². The quantitative estimate of drug-likeness (QED) is 0.443. The average molecular weight is 170 g/mol. The van der Waals surface area contributed by atoms with E-state index in [1.807, 2.05) is 0 Å². The summed E-state index contributed by atoms with van der Waals surface area (Å²) in [7, 11) is -4.41. The van der Waals surface area contributed by atoms with E-state index in [4.69, 9.17) is 4.55 Å². The van der Waals surface area contributed by atoms with Gasteiger partial charge in [-0.05, 0) is 0 Å². The fourth-order valence-electron chi connectivity index (χ4n) is 0.516. The zero-order chi connectivity index (χ0) is 7.61. The molecule has 1 heterocycles. The van der Waals surface area contributed by atoms with Crippen LogP contribution < -0.4 is 0 Å². The number of rotatable bonds is 2. The fourth-order valence-corrected chi connectivity index (χ4v) is 0.916. The maximum atomic E-state index is 9.98. The molecule has 0 amide bonds. The Morgan fingerprint density at radius 3 is 2.70 bits per heavy atom. The van der Waals surface area contributed by atoms with Crippen LogP contribution in [0, 0.1) is 0 Å². The van der Waals surface area contributed by atoms with Gasteiger partial charge in [-0.15, -0.1) is 0 Å². The molecule has 1 saturated heterocycles. The summed E-state index contributed by atoms with van der Waals surface area (Å²) >= 11 is 0. The molecule has 0 radical (unpaired) electrons. The molecule has 1 atom stereocenters. The lowest BCUT2D eigenvalue weighted by molar-refractivity contribution is -0.310. The van der Waals surface area contributed by atoms with Crippen LogP contribution in [0.1, 0.15) is 6.42 Å². The molecular formula is C3H6O6S. The Bertz CT molecular complexity index is 189. The van der Waals surface area contributed by atoms with Gasteiger partial charge in [-0.2, -0.15) is 8.42 Å². The van der Waals surface area contributed by atoms with Crippen LogP contribution >= 0.6 is 0 Å². The summed E-state index contributed by atoms with van der Waals surface area (Å²) in [6.45, 7) is 0.264. The molecule has 60 valence electrons. The van der Waals surface area contributed by atoms with E-state index >= 15 is 0 Å². The zero-order valence-electron chi connectivity index (χ0n) is 4.89. The Hall–Kier alpha value is -0.210. The minimum atomic E-state index is -4.41. The maximum Gasteiger partial charge on any atom is 0.399 e. The van der Waals surface area contributed by atoms with Crippen molar-refractivity contribution in [2.75, 3.05) is 6.61 Å². The lowest BCUT2D eigenvalue weighted by Gasteiger charge is -2.02. The molecule has 0 bridgehead atoms. The zero-order valence-corrected chi connectivity index (χ0v) is 5.70. The Kier molecular flexibility index (Phi) is 2.21. The van der Waals surface area contributed by atoms with Crippen molar-refractivity contribution in [3.8, 4) is 0 Å². The van der Waals surface area contributed by atoms with Gasteiger partial charge in [0.2, 0.25) is 6.29 Å². The van der Waals surface area contributed by atoms with E-state index in [-0.39, 0.29) is 6.61 Å². The Morgan fingerprint density at radius 1 is 1.60 bits per heavy atom. The van der Waals surface area contributed by atoms with Gasteiger partial charge in [0.25, 0.3) is 0 Å². The maximum absolute atomic E-state index is 9.98. The third kappa shape index (κ3) is 2.58. The molecule has 1 unspecified atom stereocenters. The van der Waals surface area contributed by atoms with Crippen molar-refractivity contribution in [3.63, 3.8) is 0 Å². The van der Waals surface area contributed by atoms with E-state index < -0.39 is 16.7 Å². The Morgan fingerprint density at radius 2 is 2.30 bits per heavy atom. The fraction of sp³-hybridized carbons (Fsp3) is 1.00. The molecule has 1 rings (SSSR count). The first-order chi connectivity index (χ1) is 4.58. The highest BCUT2D eigenvalue weighted by molar-refractivity contribution is 7.80. The molecular weight excluding hydrogens is 164 g/mol. The molecule has 1 N–H and O–H groups in total. The lowest BCUT2D eigenvalue weighted by atomic mass is 10.5. The smallest absolute Gasteiger partial charge is 0.263 e. The largest absolute Gasteiger partial charge is 0.399 e. The Balaban J connectivity index is 2.38. The van der Waals surface area contributed by atoms with Crippen molar-refractivity contribution in [3.05, 3.63) is 0 Å². The van der Waals surface area contributed by atoms with Crippen molar-refractivity contribution in [2.24, 2.45) is 0 Å². The first kappa shape index (κ1) is 7.89. The first-order valence-electron chi connectivity index (χ1n) is 2.52. The SMILES string of the molecule is O=S(=O)(O)OC1CCOO1. The summed E-state index contributed by atoms with van der Waals surface area (Å²) in [6, 6.07) is 0. The minimum Gasteiger partial charge on any atom is -0.263 e. The van der Waals surface area contributed by atoms with Crippen molar-refractivity contribution in [2.45, 2.75) is 12.7 Å². The van der Waals surface area contributed by atoms with Gasteiger partial charge in [0.05, 0.1) is 6.61 Å². The molecule has 6 nitrogen and oxygen atoms in total. The number of hydrogen-bond acceptors (Lipinski definition) is 5. The van der Waals surface area contributed by atoms with E-state index in [2.05, 4.69) is 14.0 Å². The van der Waals surface area contributed by atoms with Gasteiger partial charge in [-0.1, -0.05) is 0 Å². The predicted octanol–water partition coefficient (Wildman–Crippen LogP) is -0.516. The Labute approximate surface area is 57.6 Å². The third-order valence-electron chi connectivity index (χ3n) is 0.841. The first-order valence-corrected chi connectivity index (χ1v) is 3.88. The van der Waals surface area contributed by atoms with Crippen LogP contribution in [0.25, 0.3) is 0 Å². The van der Waals surface area contributed by atoms with Crippen LogP contribution in [0.4, 0.5) is 0 Å². The van der Waals surface area contributed by atoms with Crippen LogP contribution in [0.5, 0.6) is 0 Å². The summed E-state index contributed by atoms with van der Waals surface area (Å²) in [5.74, 6) is 0. The standard InChI is InChI=1S/C3H6O6S/c4-10(5,6)9-3-1-2-7-8-3/h3H,1-2H2,(H,4,5,6). The van der Waals surface area contributed by atoms with Gasteiger partial charge >= 0.3 is 10.4 Å². The van der Waals surface area contributed by atoms with Gasteiger partial charge in [-0.3, -0.25) is 4.55 Å². The van der Waals surface area contributed by atoms with Gasteiger partial charge < -0.3 is 0 Å². The molecule has 1 aliphatic rings. The second kappa shape index (κ2) is 2.81. The lowest BCUT2D eigenvalue weighted by Crippen LogP contribution is -2.15. The monoisotopic (exact) mass is 170 g/mol. The normalized spacial score (nSPS) is 27.1. The van der Waals surface area contributed by atoms with Gasteiger partial charge in [0, 0.05) is 6.42 Å². The predicted molar refractivity (Wildman–Crippen MR) is 28.1 cm³/mol. The summed E-state index contributed by atoms with van der Waals surface area (Å²) in [4.78, 5) is 8.57. The van der Waals surface area contributed by atoms with Crippen molar-refractivity contribution in [1.29, 1.82) is 0 Å².